The van der Waals surface area contributed by atoms with Crippen molar-refractivity contribution in [2.45, 2.75) is 134 Å². The Morgan fingerprint density at radius 2 is 1.57 bits per heavy atom. The number of phosphoric ester groups is 1. The zero-order valence-electron chi connectivity index (χ0n) is 27.3. The topological polar surface area (TPSA) is 185 Å². The van der Waals surface area contributed by atoms with Crippen LogP contribution in [0.1, 0.15) is 115 Å². The van der Waals surface area contributed by atoms with Crippen molar-refractivity contribution >= 4 is 30.9 Å². The molecule has 5 atom stereocenters. The van der Waals surface area contributed by atoms with E-state index >= 15 is 0 Å². The van der Waals surface area contributed by atoms with Crippen LogP contribution in [-0.4, -0.2) is 72.7 Å². The number of ether oxygens (including phenoxy) is 1. The number of nitriles is 1. The van der Waals surface area contributed by atoms with Crippen molar-refractivity contribution in [2.24, 2.45) is 0 Å². The van der Waals surface area contributed by atoms with Crippen molar-refractivity contribution in [3.63, 3.8) is 0 Å². The molecule has 5 N–H and O–H groups in total. The van der Waals surface area contributed by atoms with Gasteiger partial charge in [-0.25, -0.2) is 14.1 Å². The molecule has 1 fully saturated rings. The third-order valence-electron chi connectivity index (χ3n) is 8.47. The lowest BCUT2D eigenvalue weighted by molar-refractivity contribution is -0.0642. The zero-order chi connectivity index (χ0) is 33.3. The van der Waals surface area contributed by atoms with Gasteiger partial charge in [0.15, 0.2) is 5.82 Å². The van der Waals surface area contributed by atoms with E-state index in [1.807, 2.05) is 6.07 Å². The highest BCUT2D eigenvalue weighted by Gasteiger charge is 2.58. The molecular formula is C32H54N5O7PS. The Labute approximate surface area is 278 Å². The largest absolute Gasteiger partial charge is 0.472 e. The molecule has 0 aliphatic carbocycles. The molecule has 3 heterocycles. The molecule has 12 nitrogen and oxygen atoms in total. The summed E-state index contributed by atoms with van der Waals surface area (Å²) in [7, 11) is -4.45. The minimum Gasteiger partial charge on any atom is -0.387 e. The summed E-state index contributed by atoms with van der Waals surface area (Å²) in [5, 5.41) is 35.4. The van der Waals surface area contributed by atoms with Gasteiger partial charge in [-0.2, -0.15) is 22.1 Å². The minimum atomic E-state index is -4.45. The molecular weight excluding hydrogens is 629 g/mol. The normalized spacial score (nSPS) is 22.7. The number of fused-ring (bicyclic) bond motifs is 1. The third-order valence-corrected chi connectivity index (χ3v) is 10.6. The van der Waals surface area contributed by atoms with Crippen LogP contribution >= 0.6 is 19.6 Å². The number of hydrogen-bond acceptors (Lipinski definition) is 11. The molecule has 0 aromatic carbocycles. The summed E-state index contributed by atoms with van der Waals surface area (Å²) in [5.41, 5.74) is 4.35. The van der Waals surface area contributed by atoms with Crippen molar-refractivity contribution in [1.29, 1.82) is 5.26 Å². The molecule has 1 unspecified atom stereocenters. The van der Waals surface area contributed by atoms with E-state index < -0.39 is 38.3 Å². The number of unbranched alkanes of at least 4 members (excludes halogenated alkanes) is 14. The van der Waals surface area contributed by atoms with Gasteiger partial charge in [-0.3, -0.25) is 9.05 Å². The summed E-state index contributed by atoms with van der Waals surface area (Å²) < 4.78 is 29.6. The van der Waals surface area contributed by atoms with Gasteiger partial charge in [0.05, 0.1) is 18.9 Å². The Kier molecular flexibility index (Phi) is 17.3. The molecule has 1 aliphatic rings. The lowest BCUT2D eigenvalue weighted by Crippen LogP contribution is -2.41. The van der Waals surface area contributed by atoms with Crippen LogP contribution in [0.2, 0.25) is 0 Å². The van der Waals surface area contributed by atoms with Gasteiger partial charge in [0, 0.05) is 0 Å². The fourth-order valence-electron chi connectivity index (χ4n) is 5.77. The second kappa shape index (κ2) is 20.6. The van der Waals surface area contributed by atoms with Gasteiger partial charge in [-0.1, -0.05) is 96.8 Å². The molecule has 0 amide bonds. The number of aliphatic hydroxyl groups excluding tert-OH is 2. The first-order valence-electron chi connectivity index (χ1n) is 17.0. The summed E-state index contributed by atoms with van der Waals surface area (Å²) in [6.45, 7) is 1.72. The Balaban J connectivity index is 1.21. The molecule has 0 bridgehead atoms. The fraction of sp³-hybridized carbons (Fsp3) is 0.781. The molecule has 14 heteroatoms. The molecule has 1 aliphatic heterocycles. The number of rotatable bonds is 25. The summed E-state index contributed by atoms with van der Waals surface area (Å²) in [4.78, 5) is 14.0. The van der Waals surface area contributed by atoms with Gasteiger partial charge in [0.25, 0.3) is 0 Å². The number of nitrogens with two attached hydrogens (primary N) is 1. The minimum absolute atomic E-state index is 0.0374. The van der Waals surface area contributed by atoms with E-state index in [1.165, 1.54) is 113 Å². The van der Waals surface area contributed by atoms with Crippen molar-refractivity contribution in [1.82, 2.24) is 14.6 Å². The molecule has 260 valence electrons. The molecule has 0 spiro atoms. The van der Waals surface area contributed by atoms with Crippen molar-refractivity contribution in [3.05, 3.63) is 24.2 Å². The summed E-state index contributed by atoms with van der Waals surface area (Å²) >= 11 is 1.80. The zero-order valence-corrected chi connectivity index (χ0v) is 29.0. The highest BCUT2D eigenvalue weighted by atomic mass is 32.2. The quantitative estimate of drug-likeness (QED) is 0.0679. The Morgan fingerprint density at radius 1 is 0.978 bits per heavy atom. The first-order chi connectivity index (χ1) is 22.3. The number of nitrogen functional groups attached to an aromatic ring is 1. The predicted molar refractivity (Wildman–Crippen MR) is 180 cm³/mol. The lowest BCUT2D eigenvalue weighted by Gasteiger charge is -2.24. The van der Waals surface area contributed by atoms with Crippen LogP contribution in [-0.2, 0) is 24.0 Å². The van der Waals surface area contributed by atoms with Crippen LogP contribution < -0.4 is 5.73 Å². The number of phosphoric acid groups is 1. The van der Waals surface area contributed by atoms with Gasteiger partial charge >= 0.3 is 7.82 Å². The van der Waals surface area contributed by atoms with Gasteiger partial charge in [0.2, 0.25) is 5.60 Å². The number of thioether (sulfide) groups is 1. The van der Waals surface area contributed by atoms with Gasteiger partial charge in [-0.05, 0) is 36.5 Å². The Bertz CT molecular complexity index is 1250. The average molecular weight is 684 g/mol. The Hall–Kier alpha value is -1.75. The Morgan fingerprint density at radius 3 is 2.17 bits per heavy atom. The van der Waals surface area contributed by atoms with Crippen molar-refractivity contribution < 1.29 is 33.5 Å². The predicted octanol–water partition coefficient (Wildman–Crippen LogP) is 6.28. The molecule has 46 heavy (non-hydrogen) atoms. The molecule has 2 aromatic rings. The highest BCUT2D eigenvalue weighted by Crippen LogP contribution is 2.46. The summed E-state index contributed by atoms with van der Waals surface area (Å²) in [6.07, 6.45) is 17.4. The van der Waals surface area contributed by atoms with E-state index in [0.717, 1.165) is 11.5 Å². The van der Waals surface area contributed by atoms with Gasteiger partial charge < -0.3 is 25.6 Å². The average Bonchev–Trinajstić information content (AvgIpc) is 3.59. The van der Waals surface area contributed by atoms with Crippen LogP contribution in [0.5, 0.6) is 0 Å². The van der Waals surface area contributed by atoms with Crippen molar-refractivity contribution in [3.8, 4) is 6.07 Å². The second-order valence-corrected chi connectivity index (χ2v) is 14.8. The van der Waals surface area contributed by atoms with Crippen LogP contribution in [0.4, 0.5) is 5.82 Å². The first kappa shape index (κ1) is 38.7. The van der Waals surface area contributed by atoms with E-state index in [2.05, 4.69) is 17.0 Å². The number of aliphatic hydroxyl groups is 2. The highest BCUT2D eigenvalue weighted by molar-refractivity contribution is 7.99. The van der Waals surface area contributed by atoms with E-state index in [9.17, 15) is 24.9 Å². The number of anilines is 1. The van der Waals surface area contributed by atoms with Crippen LogP contribution in [0.3, 0.4) is 0 Å². The fourth-order valence-corrected chi connectivity index (χ4v) is 7.48. The van der Waals surface area contributed by atoms with Gasteiger partial charge in [0.1, 0.15) is 36.2 Å². The monoisotopic (exact) mass is 683 g/mol. The summed E-state index contributed by atoms with van der Waals surface area (Å²) in [6, 6.07) is 4.96. The third kappa shape index (κ3) is 11.7. The van der Waals surface area contributed by atoms with Crippen LogP contribution in [0.25, 0.3) is 5.52 Å². The summed E-state index contributed by atoms with van der Waals surface area (Å²) in [5.74, 6) is 2.02. The lowest BCUT2D eigenvalue weighted by atomic mass is 9.92. The number of hydrogen-bond donors (Lipinski definition) is 4. The molecule has 0 saturated carbocycles. The van der Waals surface area contributed by atoms with Crippen LogP contribution in [0, 0.1) is 11.3 Å². The SMILES string of the molecule is CCCCCCCCCCCCCCCCCSCCCOP(=O)(O)OC[C@H]1O[C@@](C#N)(c2ccc3c(N)ncnn23)[C@H](O)[C@@H]1O. The molecule has 3 rings (SSSR count). The van der Waals surface area contributed by atoms with E-state index in [-0.39, 0.29) is 18.1 Å². The first-order valence-corrected chi connectivity index (χ1v) is 19.6. The maximum absolute atomic E-state index is 12.4. The number of nitrogens with zero attached hydrogens (tertiary/aromatic N) is 4. The van der Waals surface area contributed by atoms with Crippen molar-refractivity contribution in [2.75, 3.05) is 30.5 Å². The van der Waals surface area contributed by atoms with Gasteiger partial charge in [-0.15, -0.1) is 0 Å². The standard InChI is InChI=1S/C32H54N5O7PS/c1-2-3-4-5-6-7-8-9-10-11-12-13-14-15-16-21-46-22-17-20-42-45(40,41)43-23-27-29(38)30(39)32(24-33,44-27)28-19-18-26-31(34)35-25-36-37(26)28/h18-19,25,27,29-30,38-39H,2-17,20-23H2,1H3,(H,40,41)(H2,34,35,36)/t27-,29-,30-,32+/m1/s1. The second-order valence-electron chi connectivity index (χ2n) is 12.1. The maximum atomic E-state index is 12.4. The van der Waals surface area contributed by atoms with E-state index in [1.54, 1.807) is 17.8 Å². The van der Waals surface area contributed by atoms with Crippen LogP contribution in [0.15, 0.2) is 18.5 Å². The molecule has 2 aromatic heterocycles. The van der Waals surface area contributed by atoms with E-state index in [4.69, 9.17) is 19.5 Å². The smallest absolute Gasteiger partial charge is 0.387 e. The molecule has 0 radical (unpaired) electrons. The van der Waals surface area contributed by atoms with E-state index in [0.29, 0.717) is 11.9 Å². The number of aromatic nitrogens is 3. The molecule has 1 saturated heterocycles. The maximum Gasteiger partial charge on any atom is 0.472 e.